The molecule has 0 saturated carbocycles. The van der Waals surface area contributed by atoms with Gasteiger partial charge in [-0.25, -0.2) is 0 Å². The molecule has 2 rings (SSSR count). The van der Waals surface area contributed by atoms with Crippen molar-refractivity contribution >= 4 is 17.3 Å². The van der Waals surface area contributed by atoms with Crippen LogP contribution in [0.15, 0.2) is 24.3 Å². The highest BCUT2D eigenvalue weighted by Gasteiger charge is 2.20. The first-order chi connectivity index (χ1) is 6.27. The smallest absolute Gasteiger partial charge is 0.0639 e. The molecule has 0 amide bonds. The molecule has 0 radical (unpaired) electrons. The third kappa shape index (κ3) is 1.79. The van der Waals surface area contributed by atoms with Crippen molar-refractivity contribution in [1.29, 1.82) is 0 Å². The van der Waals surface area contributed by atoms with Crippen LogP contribution in [-0.2, 0) is 0 Å². The van der Waals surface area contributed by atoms with E-state index in [0.29, 0.717) is 6.04 Å². The van der Waals surface area contributed by atoms with Crippen molar-refractivity contribution in [2.24, 2.45) is 5.73 Å². The Bertz CT molecular complexity index is 301. The molecule has 1 aromatic carbocycles. The van der Waals surface area contributed by atoms with Crippen LogP contribution in [0.25, 0.3) is 0 Å². The second-order valence-corrected chi connectivity index (χ2v) is 3.85. The molecule has 1 atom stereocenters. The Balaban J connectivity index is 2.21. The SMILES string of the molecule is NC1CCN(c2ccccc2Cl)C1. The maximum Gasteiger partial charge on any atom is 0.0639 e. The number of hydrogen-bond donors (Lipinski definition) is 1. The molecule has 13 heavy (non-hydrogen) atoms. The molecule has 1 aliphatic rings. The third-order valence-electron chi connectivity index (χ3n) is 2.42. The fourth-order valence-electron chi connectivity index (χ4n) is 1.71. The second kappa shape index (κ2) is 3.56. The lowest BCUT2D eigenvalue weighted by Crippen LogP contribution is -2.26. The molecule has 0 bridgehead atoms. The zero-order valence-corrected chi connectivity index (χ0v) is 8.17. The Labute approximate surface area is 83.3 Å². The molecule has 1 aliphatic heterocycles. The number of rotatable bonds is 1. The number of anilines is 1. The van der Waals surface area contributed by atoms with E-state index in [9.17, 15) is 0 Å². The van der Waals surface area contributed by atoms with E-state index in [2.05, 4.69) is 4.90 Å². The minimum absolute atomic E-state index is 0.302. The van der Waals surface area contributed by atoms with Crippen molar-refractivity contribution in [1.82, 2.24) is 0 Å². The fraction of sp³-hybridized carbons (Fsp3) is 0.400. The quantitative estimate of drug-likeness (QED) is 0.743. The monoisotopic (exact) mass is 196 g/mol. The van der Waals surface area contributed by atoms with E-state index < -0.39 is 0 Å². The molecule has 2 nitrogen and oxygen atoms in total. The Hall–Kier alpha value is -0.730. The minimum atomic E-state index is 0.302. The summed E-state index contributed by atoms with van der Waals surface area (Å²) in [6.07, 6.45) is 1.06. The summed E-state index contributed by atoms with van der Waals surface area (Å²) in [5.74, 6) is 0. The third-order valence-corrected chi connectivity index (χ3v) is 2.74. The molecule has 1 heterocycles. The minimum Gasteiger partial charge on any atom is -0.369 e. The van der Waals surface area contributed by atoms with Crippen LogP contribution in [0.4, 0.5) is 5.69 Å². The van der Waals surface area contributed by atoms with Crippen molar-refractivity contribution in [2.45, 2.75) is 12.5 Å². The van der Waals surface area contributed by atoms with Crippen molar-refractivity contribution in [3.05, 3.63) is 29.3 Å². The van der Waals surface area contributed by atoms with Gasteiger partial charge in [-0.05, 0) is 18.6 Å². The average Bonchev–Trinajstić information content (AvgIpc) is 2.53. The predicted molar refractivity (Wildman–Crippen MR) is 56.3 cm³/mol. The van der Waals surface area contributed by atoms with Gasteiger partial charge in [0.05, 0.1) is 10.7 Å². The first-order valence-corrected chi connectivity index (χ1v) is 4.90. The van der Waals surface area contributed by atoms with Gasteiger partial charge in [-0.15, -0.1) is 0 Å². The van der Waals surface area contributed by atoms with Gasteiger partial charge >= 0.3 is 0 Å². The van der Waals surface area contributed by atoms with Gasteiger partial charge in [0.25, 0.3) is 0 Å². The molecule has 2 N–H and O–H groups in total. The number of nitrogens with two attached hydrogens (primary N) is 1. The van der Waals surface area contributed by atoms with Crippen LogP contribution in [-0.4, -0.2) is 19.1 Å². The Morgan fingerprint density at radius 2 is 2.15 bits per heavy atom. The molecule has 1 aromatic rings. The Morgan fingerprint density at radius 3 is 2.77 bits per heavy atom. The number of benzene rings is 1. The van der Waals surface area contributed by atoms with E-state index in [4.69, 9.17) is 17.3 Å². The van der Waals surface area contributed by atoms with Gasteiger partial charge in [0, 0.05) is 19.1 Å². The predicted octanol–water partition coefficient (Wildman–Crippen LogP) is 1.88. The highest BCUT2D eigenvalue weighted by atomic mass is 35.5. The molecule has 70 valence electrons. The lowest BCUT2D eigenvalue weighted by Gasteiger charge is -2.19. The molecule has 0 spiro atoms. The van der Waals surface area contributed by atoms with Crippen LogP contribution >= 0.6 is 11.6 Å². The highest BCUT2D eigenvalue weighted by Crippen LogP contribution is 2.27. The van der Waals surface area contributed by atoms with E-state index in [1.807, 2.05) is 24.3 Å². The van der Waals surface area contributed by atoms with Gasteiger partial charge in [-0.3, -0.25) is 0 Å². The van der Waals surface area contributed by atoms with Gasteiger partial charge in [-0.1, -0.05) is 23.7 Å². The Morgan fingerprint density at radius 1 is 1.38 bits per heavy atom. The molecular weight excluding hydrogens is 184 g/mol. The molecule has 1 unspecified atom stereocenters. The van der Waals surface area contributed by atoms with Crippen LogP contribution in [0, 0.1) is 0 Å². The summed E-state index contributed by atoms with van der Waals surface area (Å²) in [5, 5.41) is 0.816. The van der Waals surface area contributed by atoms with E-state index in [1.165, 1.54) is 0 Å². The standard InChI is InChI=1S/C10H13ClN2/c11-9-3-1-2-4-10(9)13-6-5-8(12)7-13/h1-4,8H,5-7,12H2. The highest BCUT2D eigenvalue weighted by molar-refractivity contribution is 6.33. The zero-order chi connectivity index (χ0) is 9.26. The lowest BCUT2D eigenvalue weighted by molar-refractivity contribution is 0.752. The number of hydrogen-bond acceptors (Lipinski definition) is 2. The first-order valence-electron chi connectivity index (χ1n) is 4.52. The normalized spacial score (nSPS) is 22.3. The van der Waals surface area contributed by atoms with Gasteiger partial charge < -0.3 is 10.6 Å². The van der Waals surface area contributed by atoms with Gasteiger partial charge in [0.2, 0.25) is 0 Å². The van der Waals surface area contributed by atoms with Crippen LogP contribution in [0.5, 0.6) is 0 Å². The van der Waals surface area contributed by atoms with Crippen LogP contribution in [0.3, 0.4) is 0 Å². The van der Waals surface area contributed by atoms with E-state index in [-0.39, 0.29) is 0 Å². The van der Waals surface area contributed by atoms with Crippen molar-refractivity contribution in [2.75, 3.05) is 18.0 Å². The zero-order valence-electron chi connectivity index (χ0n) is 7.41. The summed E-state index contributed by atoms with van der Waals surface area (Å²) in [6.45, 7) is 1.94. The topological polar surface area (TPSA) is 29.3 Å². The maximum atomic E-state index is 6.07. The summed E-state index contributed by atoms with van der Waals surface area (Å²) in [6, 6.07) is 8.21. The number of para-hydroxylation sites is 1. The second-order valence-electron chi connectivity index (χ2n) is 3.45. The van der Waals surface area contributed by atoms with E-state index in [1.54, 1.807) is 0 Å². The number of nitrogens with zero attached hydrogens (tertiary/aromatic N) is 1. The number of halogens is 1. The fourth-order valence-corrected chi connectivity index (χ4v) is 1.97. The lowest BCUT2D eigenvalue weighted by atomic mass is 10.3. The Kier molecular flexibility index (Phi) is 2.42. The molecule has 3 heteroatoms. The van der Waals surface area contributed by atoms with Gasteiger partial charge in [-0.2, -0.15) is 0 Å². The molecule has 0 aromatic heterocycles. The summed E-state index contributed by atoms with van der Waals surface area (Å²) < 4.78 is 0. The average molecular weight is 197 g/mol. The largest absolute Gasteiger partial charge is 0.369 e. The van der Waals surface area contributed by atoms with Crippen molar-refractivity contribution in [3.8, 4) is 0 Å². The van der Waals surface area contributed by atoms with Crippen LogP contribution < -0.4 is 10.6 Å². The summed E-state index contributed by atoms with van der Waals surface area (Å²) in [4.78, 5) is 2.24. The van der Waals surface area contributed by atoms with E-state index >= 15 is 0 Å². The van der Waals surface area contributed by atoms with Crippen molar-refractivity contribution in [3.63, 3.8) is 0 Å². The van der Waals surface area contributed by atoms with Crippen LogP contribution in [0.1, 0.15) is 6.42 Å². The maximum absolute atomic E-state index is 6.07. The molecule has 1 fully saturated rings. The summed E-state index contributed by atoms with van der Waals surface area (Å²) in [5.41, 5.74) is 6.94. The molecular formula is C10H13ClN2. The summed E-state index contributed by atoms with van der Waals surface area (Å²) >= 11 is 6.07. The molecule has 1 saturated heterocycles. The van der Waals surface area contributed by atoms with Crippen LogP contribution in [0.2, 0.25) is 5.02 Å². The van der Waals surface area contributed by atoms with Crippen molar-refractivity contribution < 1.29 is 0 Å². The molecule has 0 aliphatic carbocycles. The summed E-state index contributed by atoms with van der Waals surface area (Å²) in [7, 11) is 0. The van der Waals surface area contributed by atoms with Gasteiger partial charge in [0.1, 0.15) is 0 Å². The van der Waals surface area contributed by atoms with Gasteiger partial charge in [0.15, 0.2) is 0 Å². The first kappa shape index (κ1) is 8.85. The van der Waals surface area contributed by atoms with E-state index in [0.717, 1.165) is 30.2 Å².